The molecule has 0 spiro atoms. The molecule has 0 amide bonds. The molecule has 2 aromatic carbocycles. The molecule has 166 valence electrons. The van der Waals surface area contributed by atoms with Crippen LogP contribution in [0.2, 0.25) is 0 Å². The van der Waals surface area contributed by atoms with Crippen LogP contribution in [0.5, 0.6) is 5.75 Å². The fraction of sp³-hybridized carbons (Fsp3) is 0.500. The van der Waals surface area contributed by atoms with Gasteiger partial charge in [-0.25, -0.2) is 4.79 Å². The Balaban J connectivity index is 1.59. The van der Waals surface area contributed by atoms with E-state index in [1.54, 1.807) is 12.1 Å². The Bertz CT molecular complexity index is 890. The number of fused-ring (bicyclic) bond motifs is 3. The lowest BCUT2D eigenvalue weighted by Crippen LogP contribution is -2.43. The number of carbonyl (C=O) groups is 1. The summed E-state index contributed by atoms with van der Waals surface area (Å²) in [4.78, 5) is 16.6. The van der Waals surface area contributed by atoms with E-state index in [0.717, 1.165) is 37.2 Å². The summed E-state index contributed by atoms with van der Waals surface area (Å²) in [6.45, 7) is 5.15. The number of hydrogen-bond acceptors (Lipinski definition) is 4. The van der Waals surface area contributed by atoms with Crippen LogP contribution in [0.3, 0.4) is 0 Å². The molecule has 2 heterocycles. The Morgan fingerprint density at radius 3 is 2.61 bits per heavy atom. The molecule has 0 unspecified atom stereocenters. The monoisotopic (exact) mass is 422 g/mol. The maximum absolute atomic E-state index is 11.5. The van der Waals surface area contributed by atoms with E-state index in [4.69, 9.17) is 4.74 Å². The minimum absolute atomic E-state index is 0.313. The third-order valence-electron chi connectivity index (χ3n) is 6.63. The number of hydrogen-bond donors (Lipinski definition) is 1. The lowest BCUT2D eigenvalue weighted by Gasteiger charge is -2.37. The van der Waals surface area contributed by atoms with Gasteiger partial charge in [0, 0.05) is 19.0 Å². The number of carboxylic acid groups (broad SMARTS) is 1. The first kappa shape index (κ1) is 21.8. The molecule has 31 heavy (non-hydrogen) atoms. The molecule has 1 saturated heterocycles. The zero-order valence-electron chi connectivity index (χ0n) is 18.6. The van der Waals surface area contributed by atoms with Crippen molar-refractivity contribution in [2.75, 3.05) is 33.3 Å². The van der Waals surface area contributed by atoms with Crippen LogP contribution >= 0.6 is 0 Å². The quantitative estimate of drug-likeness (QED) is 0.776. The first-order valence-corrected chi connectivity index (χ1v) is 11.6. The van der Waals surface area contributed by atoms with Crippen molar-refractivity contribution in [3.8, 4) is 5.75 Å². The zero-order chi connectivity index (χ0) is 21.6. The van der Waals surface area contributed by atoms with E-state index in [2.05, 4.69) is 41.1 Å². The van der Waals surface area contributed by atoms with Gasteiger partial charge < -0.3 is 14.7 Å². The molecule has 2 aliphatic heterocycles. The zero-order valence-corrected chi connectivity index (χ0v) is 18.6. The molecule has 2 aliphatic rings. The summed E-state index contributed by atoms with van der Waals surface area (Å²) in [5.74, 6) is -0.0925. The van der Waals surface area contributed by atoms with Crippen LogP contribution in [-0.4, -0.2) is 60.2 Å². The molecule has 0 aliphatic carbocycles. The number of piperidine rings is 1. The second kappa shape index (κ2) is 10.3. The van der Waals surface area contributed by atoms with E-state index in [1.807, 2.05) is 6.07 Å². The standard InChI is InChI=1S/C26H34N2O3/c1-27-13-10-24(11-14-27)28-12-3-2-4-15-31-25-9-8-22(26(29)30)18-23(25)17-20-6-5-7-21(16-20)19-28/h5-9,16,18,24H,2-4,10-15,17,19H2,1H3,(H,29,30). The SMILES string of the molecule is CN1CCC(N2CCCCCOc3ccc(C(=O)O)cc3Cc3cccc(c3)C2)CC1. The lowest BCUT2D eigenvalue weighted by atomic mass is 9.98. The Morgan fingerprint density at radius 1 is 1.00 bits per heavy atom. The van der Waals surface area contributed by atoms with Crippen molar-refractivity contribution in [1.82, 2.24) is 9.80 Å². The first-order valence-electron chi connectivity index (χ1n) is 11.6. The van der Waals surface area contributed by atoms with Crippen LogP contribution < -0.4 is 4.74 Å². The van der Waals surface area contributed by atoms with Gasteiger partial charge in [-0.15, -0.1) is 0 Å². The maximum Gasteiger partial charge on any atom is 0.335 e. The summed E-state index contributed by atoms with van der Waals surface area (Å²) in [7, 11) is 2.22. The van der Waals surface area contributed by atoms with Crippen LogP contribution in [0.25, 0.3) is 0 Å². The van der Waals surface area contributed by atoms with Gasteiger partial charge in [-0.1, -0.05) is 24.3 Å². The highest BCUT2D eigenvalue weighted by molar-refractivity contribution is 5.88. The van der Waals surface area contributed by atoms with E-state index in [9.17, 15) is 9.90 Å². The molecule has 0 radical (unpaired) electrons. The highest BCUT2D eigenvalue weighted by atomic mass is 16.5. The Kier molecular flexibility index (Phi) is 7.25. The second-order valence-corrected chi connectivity index (χ2v) is 9.04. The predicted octanol–water partition coefficient (Wildman–Crippen LogP) is 4.43. The predicted molar refractivity (Wildman–Crippen MR) is 123 cm³/mol. The number of nitrogens with zero attached hydrogens (tertiary/aromatic N) is 2. The number of rotatable bonds is 2. The molecule has 1 fully saturated rings. The van der Waals surface area contributed by atoms with Gasteiger partial charge in [0.05, 0.1) is 12.2 Å². The molecule has 0 atom stereocenters. The minimum Gasteiger partial charge on any atom is -0.493 e. The van der Waals surface area contributed by atoms with E-state index in [0.29, 0.717) is 24.6 Å². The molecule has 0 aromatic heterocycles. The third kappa shape index (κ3) is 5.86. The van der Waals surface area contributed by atoms with Gasteiger partial charge in [0.2, 0.25) is 0 Å². The smallest absolute Gasteiger partial charge is 0.335 e. The highest BCUT2D eigenvalue weighted by Gasteiger charge is 2.23. The average Bonchev–Trinajstić information content (AvgIpc) is 2.76. The topological polar surface area (TPSA) is 53.0 Å². The van der Waals surface area contributed by atoms with Crippen molar-refractivity contribution in [3.63, 3.8) is 0 Å². The van der Waals surface area contributed by atoms with Crippen LogP contribution in [0.1, 0.15) is 59.2 Å². The number of aromatic carboxylic acids is 1. The minimum atomic E-state index is -0.898. The van der Waals surface area contributed by atoms with E-state index >= 15 is 0 Å². The molecular weight excluding hydrogens is 388 g/mol. The van der Waals surface area contributed by atoms with E-state index < -0.39 is 5.97 Å². The maximum atomic E-state index is 11.5. The van der Waals surface area contributed by atoms with Crippen molar-refractivity contribution in [2.24, 2.45) is 0 Å². The number of benzene rings is 2. The largest absolute Gasteiger partial charge is 0.493 e. The van der Waals surface area contributed by atoms with Gasteiger partial charge in [-0.3, -0.25) is 4.90 Å². The molecule has 5 nitrogen and oxygen atoms in total. The first-order chi connectivity index (χ1) is 15.1. The van der Waals surface area contributed by atoms with Crippen molar-refractivity contribution >= 4 is 5.97 Å². The van der Waals surface area contributed by atoms with Crippen LogP contribution in [0.15, 0.2) is 42.5 Å². The Hall–Kier alpha value is -2.37. The molecule has 4 rings (SSSR count). The molecule has 2 aromatic rings. The van der Waals surface area contributed by atoms with Crippen molar-refractivity contribution in [3.05, 3.63) is 64.7 Å². The third-order valence-corrected chi connectivity index (χ3v) is 6.63. The van der Waals surface area contributed by atoms with Crippen molar-refractivity contribution < 1.29 is 14.6 Å². The summed E-state index contributed by atoms with van der Waals surface area (Å²) in [6.07, 6.45) is 6.51. The summed E-state index contributed by atoms with van der Waals surface area (Å²) in [5, 5.41) is 9.42. The molecule has 0 saturated carbocycles. The number of ether oxygens (including phenoxy) is 1. The van der Waals surface area contributed by atoms with E-state index in [1.165, 1.54) is 43.5 Å². The van der Waals surface area contributed by atoms with Gasteiger partial charge in [0.25, 0.3) is 0 Å². The number of carboxylic acids is 1. The van der Waals surface area contributed by atoms with Gasteiger partial charge in [0.1, 0.15) is 5.75 Å². The van der Waals surface area contributed by atoms with E-state index in [-0.39, 0.29) is 0 Å². The lowest BCUT2D eigenvalue weighted by molar-refractivity contribution is 0.0696. The molecule has 2 bridgehead atoms. The van der Waals surface area contributed by atoms with Crippen LogP contribution in [-0.2, 0) is 13.0 Å². The second-order valence-electron chi connectivity index (χ2n) is 9.04. The van der Waals surface area contributed by atoms with Gasteiger partial charge in [0.15, 0.2) is 0 Å². The van der Waals surface area contributed by atoms with Crippen molar-refractivity contribution in [1.29, 1.82) is 0 Å². The Morgan fingerprint density at radius 2 is 1.81 bits per heavy atom. The molecule has 1 N–H and O–H groups in total. The summed E-state index contributed by atoms with van der Waals surface area (Å²) in [6, 6.07) is 14.6. The van der Waals surface area contributed by atoms with Gasteiger partial charge in [-0.05, 0) is 93.7 Å². The molecular formula is C26H34N2O3. The van der Waals surface area contributed by atoms with Crippen LogP contribution in [0.4, 0.5) is 0 Å². The summed E-state index contributed by atoms with van der Waals surface area (Å²) in [5.41, 5.74) is 3.80. The summed E-state index contributed by atoms with van der Waals surface area (Å²) >= 11 is 0. The fourth-order valence-corrected chi connectivity index (χ4v) is 4.81. The normalized spacial score (nSPS) is 19.8. The fourth-order valence-electron chi connectivity index (χ4n) is 4.81. The highest BCUT2D eigenvalue weighted by Crippen LogP contribution is 2.26. The number of likely N-dealkylation sites (tertiary alicyclic amines) is 1. The van der Waals surface area contributed by atoms with Crippen molar-refractivity contribution in [2.45, 2.75) is 51.1 Å². The van der Waals surface area contributed by atoms with Gasteiger partial charge in [-0.2, -0.15) is 0 Å². The summed E-state index contributed by atoms with van der Waals surface area (Å²) < 4.78 is 6.08. The van der Waals surface area contributed by atoms with Gasteiger partial charge >= 0.3 is 5.97 Å². The average molecular weight is 423 g/mol. The molecule has 5 heteroatoms. The van der Waals surface area contributed by atoms with Crippen LogP contribution in [0, 0.1) is 0 Å². The Labute approximate surface area is 185 Å².